The Morgan fingerprint density at radius 1 is 1.19 bits per heavy atom. The first kappa shape index (κ1) is 28.0. The van der Waals surface area contributed by atoms with E-state index in [1.54, 1.807) is 7.11 Å². The quantitative estimate of drug-likeness (QED) is 0.257. The molecule has 31 heavy (non-hydrogen) atoms. The van der Waals surface area contributed by atoms with Gasteiger partial charge in [0.2, 0.25) is 0 Å². The van der Waals surface area contributed by atoms with Crippen LogP contribution in [0.5, 0.6) is 5.75 Å². The molecule has 178 valence electrons. The number of benzene rings is 1. The Kier molecular flexibility index (Phi) is 12.8. The van der Waals surface area contributed by atoms with Crippen molar-refractivity contribution in [2.24, 2.45) is 4.99 Å². The Morgan fingerprint density at radius 2 is 1.84 bits per heavy atom. The molecule has 2 N–H and O–H groups in total. The number of hydrogen-bond acceptors (Lipinski definition) is 5. The largest absolute Gasteiger partial charge is 0.497 e. The summed E-state index contributed by atoms with van der Waals surface area (Å²) in [6, 6.07) is 8.50. The third kappa shape index (κ3) is 10.4. The van der Waals surface area contributed by atoms with Crippen LogP contribution in [0.3, 0.4) is 0 Å². The van der Waals surface area contributed by atoms with Crippen molar-refractivity contribution in [2.75, 3.05) is 45.3 Å². The number of hydrogen-bond donors (Lipinski definition) is 2. The maximum atomic E-state index is 11.5. The van der Waals surface area contributed by atoms with Crippen molar-refractivity contribution in [3.63, 3.8) is 0 Å². The van der Waals surface area contributed by atoms with Crippen molar-refractivity contribution in [3.05, 3.63) is 29.8 Å². The summed E-state index contributed by atoms with van der Waals surface area (Å²) in [6.45, 7) is 7.58. The molecular formula is C22H39IN4O3S. The highest BCUT2D eigenvalue weighted by Gasteiger charge is 2.22. The van der Waals surface area contributed by atoms with Crippen molar-refractivity contribution >= 4 is 39.8 Å². The average Bonchev–Trinajstić information content (AvgIpc) is 2.73. The van der Waals surface area contributed by atoms with Gasteiger partial charge in [0.15, 0.2) is 5.96 Å². The third-order valence-electron chi connectivity index (χ3n) is 5.40. The molecule has 9 heteroatoms. The topological polar surface area (TPSA) is 83.0 Å². The van der Waals surface area contributed by atoms with E-state index in [1.165, 1.54) is 31.1 Å². The summed E-state index contributed by atoms with van der Waals surface area (Å²) >= 11 is 0. The Morgan fingerprint density at radius 3 is 2.39 bits per heavy atom. The van der Waals surface area contributed by atoms with E-state index in [-0.39, 0.29) is 41.8 Å². The van der Waals surface area contributed by atoms with E-state index in [0.717, 1.165) is 31.3 Å². The van der Waals surface area contributed by atoms with E-state index in [4.69, 9.17) is 9.73 Å². The fraction of sp³-hybridized carbons (Fsp3) is 0.682. The minimum absolute atomic E-state index is 0. The van der Waals surface area contributed by atoms with Gasteiger partial charge in [0, 0.05) is 18.8 Å². The molecule has 1 fully saturated rings. The molecule has 0 aromatic heterocycles. The molecule has 1 aliphatic heterocycles. The molecule has 0 bridgehead atoms. The van der Waals surface area contributed by atoms with Gasteiger partial charge in [-0.3, -0.25) is 9.89 Å². The molecule has 0 aliphatic carbocycles. The van der Waals surface area contributed by atoms with Crippen LogP contribution in [0.15, 0.2) is 29.3 Å². The normalized spacial score (nSPS) is 17.4. The zero-order valence-corrected chi connectivity index (χ0v) is 22.4. The van der Waals surface area contributed by atoms with Crippen molar-refractivity contribution in [1.29, 1.82) is 0 Å². The molecule has 0 radical (unpaired) electrons. The van der Waals surface area contributed by atoms with Crippen LogP contribution in [-0.2, 0) is 9.84 Å². The van der Waals surface area contributed by atoms with Crippen LogP contribution in [0.2, 0.25) is 0 Å². The van der Waals surface area contributed by atoms with Crippen LogP contribution < -0.4 is 15.4 Å². The first-order chi connectivity index (χ1) is 14.3. The van der Waals surface area contributed by atoms with Gasteiger partial charge in [-0.2, -0.15) is 0 Å². The van der Waals surface area contributed by atoms with Gasteiger partial charge < -0.3 is 15.4 Å². The highest BCUT2D eigenvalue weighted by atomic mass is 127. The van der Waals surface area contributed by atoms with Crippen LogP contribution in [0.1, 0.15) is 51.1 Å². The Balaban J connectivity index is 0.00000480. The second kappa shape index (κ2) is 14.2. The zero-order valence-electron chi connectivity index (χ0n) is 19.3. The number of guanidine groups is 1. The number of likely N-dealkylation sites (tertiary alicyclic amines) is 1. The second-order valence-corrected chi connectivity index (χ2v) is 10.3. The summed E-state index contributed by atoms with van der Waals surface area (Å²) in [5.74, 6) is 1.76. The van der Waals surface area contributed by atoms with Gasteiger partial charge in [-0.15, -0.1) is 24.0 Å². The molecular weight excluding hydrogens is 527 g/mol. The maximum Gasteiger partial charge on any atom is 0.191 e. The SMILES string of the molecule is CCNC(=NCC(c1ccc(OC)cc1)N1CCCCC1)NC(C)CCS(C)(=O)=O.I. The molecule has 1 aliphatic rings. The van der Waals surface area contributed by atoms with E-state index >= 15 is 0 Å². The molecule has 2 rings (SSSR count). The number of nitrogens with zero attached hydrogens (tertiary/aromatic N) is 2. The molecule has 0 spiro atoms. The fourth-order valence-electron chi connectivity index (χ4n) is 3.68. The van der Waals surface area contributed by atoms with Crippen LogP contribution in [0.25, 0.3) is 0 Å². The number of ether oxygens (including phenoxy) is 1. The fourth-order valence-corrected chi connectivity index (χ4v) is 4.46. The molecule has 2 atom stereocenters. The lowest BCUT2D eigenvalue weighted by atomic mass is 10.0. The Bertz CT molecular complexity index is 765. The second-order valence-electron chi connectivity index (χ2n) is 8.07. The van der Waals surface area contributed by atoms with Gasteiger partial charge in [-0.25, -0.2) is 8.42 Å². The Hall–Kier alpha value is -1.07. The van der Waals surface area contributed by atoms with Crippen molar-refractivity contribution in [3.8, 4) is 5.75 Å². The molecule has 1 aromatic rings. The monoisotopic (exact) mass is 566 g/mol. The molecule has 2 unspecified atom stereocenters. The summed E-state index contributed by atoms with van der Waals surface area (Å²) in [7, 11) is -1.29. The first-order valence-corrected chi connectivity index (χ1v) is 13.0. The minimum atomic E-state index is -2.97. The van der Waals surface area contributed by atoms with Crippen LogP contribution in [0.4, 0.5) is 0 Å². The number of methoxy groups -OCH3 is 1. The Labute approximate surface area is 205 Å². The lowest BCUT2D eigenvalue weighted by Crippen LogP contribution is -2.43. The van der Waals surface area contributed by atoms with Gasteiger partial charge in [0.1, 0.15) is 15.6 Å². The van der Waals surface area contributed by atoms with E-state index in [1.807, 2.05) is 26.0 Å². The maximum absolute atomic E-state index is 11.5. The molecule has 0 amide bonds. The van der Waals surface area contributed by atoms with Crippen molar-refractivity contribution in [2.45, 2.75) is 51.6 Å². The van der Waals surface area contributed by atoms with Gasteiger partial charge in [0.05, 0.1) is 25.4 Å². The lowest BCUT2D eigenvalue weighted by Gasteiger charge is -2.34. The van der Waals surface area contributed by atoms with Crippen LogP contribution >= 0.6 is 24.0 Å². The number of aliphatic imine (C=N–C) groups is 1. The molecule has 1 saturated heterocycles. The standard InChI is InChI=1S/C22H38N4O3S.HI/c1-5-23-22(25-18(2)13-16-30(4,27)28)24-17-21(26-14-7-6-8-15-26)19-9-11-20(29-3)12-10-19;/h9-12,18,21H,5-8,13-17H2,1-4H3,(H2,23,24,25);1H. The van der Waals surface area contributed by atoms with E-state index < -0.39 is 9.84 Å². The van der Waals surface area contributed by atoms with Gasteiger partial charge in [0.25, 0.3) is 0 Å². The number of nitrogens with one attached hydrogen (secondary N) is 2. The van der Waals surface area contributed by atoms with Crippen LogP contribution in [0, 0.1) is 0 Å². The van der Waals surface area contributed by atoms with Crippen LogP contribution in [-0.4, -0.2) is 70.6 Å². The third-order valence-corrected chi connectivity index (χ3v) is 6.38. The summed E-state index contributed by atoms with van der Waals surface area (Å²) in [6.07, 6.45) is 5.56. The summed E-state index contributed by atoms with van der Waals surface area (Å²) < 4.78 is 28.2. The summed E-state index contributed by atoms with van der Waals surface area (Å²) in [5, 5.41) is 6.64. The molecule has 0 saturated carbocycles. The average molecular weight is 567 g/mol. The van der Waals surface area contributed by atoms with Crippen molar-refractivity contribution in [1.82, 2.24) is 15.5 Å². The molecule has 7 nitrogen and oxygen atoms in total. The summed E-state index contributed by atoms with van der Waals surface area (Å²) in [5.41, 5.74) is 1.24. The highest BCUT2D eigenvalue weighted by molar-refractivity contribution is 14.0. The van der Waals surface area contributed by atoms with E-state index in [2.05, 4.69) is 27.7 Å². The number of halogens is 1. The predicted molar refractivity (Wildman–Crippen MR) is 139 cm³/mol. The first-order valence-electron chi connectivity index (χ1n) is 10.9. The van der Waals surface area contributed by atoms with Gasteiger partial charge >= 0.3 is 0 Å². The smallest absolute Gasteiger partial charge is 0.191 e. The minimum Gasteiger partial charge on any atom is -0.497 e. The van der Waals surface area contributed by atoms with Gasteiger partial charge in [-0.1, -0.05) is 18.6 Å². The van der Waals surface area contributed by atoms with E-state index in [0.29, 0.717) is 13.0 Å². The highest BCUT2D eigenvalue weighted by Crippen LogP contribution is 2.26. The number of piperidine rings is 1. The van der Waals surface area contributed by atoms with Gasteiger partial charge in [-0.05, 0) is 63.9 Å². The number of sulfone groups is 1. The van der Waals surface area contributed by atoms with E-state index in [9.17, 15) is 8.42 Å². The van der Waals surface area contributed by atoms with Crippen molar-refractivity contribution < 1.29 is 13.2 Å². The predicted octanol–water partition coefficient (Wildman–Crippen LogP) is 3.22. The molecule has 1 heterocycles. The number of rotatable bonds is 10. The lowest BCUT2D eigenvalue weighted by molar-refractivity contribution is 0.167. The summed E-state index contributed by atoms with van der Waals surface area (Å²) in [4.78, 5) is 7.38. The zero-order chi connectivity index (χ0) is 22.0. The molecule has 1 aromatic carbocycles.